The second-order valence-electron chi connectivity index (χ2n) is 5.47. The molecule has 0 saturated heterocycles. The smallest absolute Gasteiger partial charge is 0.251 e. The number of anilines is 1. The molecule has 0 aliphatic rings. The first kappa shape index (κ1) is 17.0. The van der Waals surface area contributed by atoms with Crippen LogP contribution in [0.4, 0.5) is 5.69 Å². The molecule has 2 aromatic rings. The second kappa shape index (κ2) is 8.96. The van der Waals surface area contributed by atoms with Gasteiger partial charge in [0.2, 0.25) is 0 Å². The largest absolute Gasteiger partial charge is 0.395 e. The molecular weight excluding hydrogens is 288 g/mol. The summed E-state index contributed by atoms with van der Waals surface area (Å²) in [5, 5.41) is 14.9. The molecule has 0 unspecified atom stereocenters. The summed E-state index contributed by atoms with van der Waals surface area (Å²) in [5.74, 6) is -0.149. The fraction of sp³-hybridized carbons (Fsp3) is 0.316. The lowest BCUT2D eigenvalue weighted by Crippen LogP contribution is -2.27. The molecule has 23 heavy (non-hydrogen) atoms. The van der Waals surface area contributed by atoms with Gasteiger partial charge in [-0.1, -0.05) is 36.4 Å². The molecular formula is C19H24N2O2. The molecule has 0 atom stereocenters. The maximum atomic E-state index is 12.0. The monoisotopic (exact) mass is 312 g/mol. The highest BCUT2D eigenvalue weighted by molar-refractivity contribution is 5.97. The number of benzene rings is 2. The van der Waals surface area contributed by atoms with Crippen molar-refractivity contribution in [2.75, 3.05) is 25.0 Å². The Hall–Kier alpha value is -2.33. The number of aliphatic hydroxyl groups is 1. The zero-order valence-electron chi connectivity index (χ0n) is 13.5. The summed E-state index contributed by atoms with van der Waals surface area (Å²) >= 11 is 0. The summed E-state index contributed by atoms with van der Waals surface area (Å²) in [6, 6.07) is 16.1. The van der Waals surface area contributed by atoms with Crippen molar-refractivity contribution in [2.45, 2.75) is 19.8 Å². The van der Waals surface area contributed by atoms with Crippen LogP contribution in [0.15, 0.2) is 48.5 Å². The van der Waals surface area contributed by atoms with Crippen molar-refractivity contribution in [1.29, 1.82) is 0 Å². The van der Waals surface area contributed by atoms with Gasteiger partial charge in [-0.25, -0.2) is 0 Å². The topological polar surface area (TPSA) is 61.4 Å². The second-order valence-corrected chi connectivity index (χ2v) is 5.47. The molecule has 0 bridgehead atoms. The number of aliphatic hydroxyl groups excluding tert-OH is 1. The number of carbonyl (C=O) groups is 1. The standard InChI is InChI=1S/C19H24N2O2/c1-15-17(19(23)21-13-14-22)10-5-11-18(15)20-12-6-9-16-7-3-2-4-8-16/h2-5,7-8,10-11,20,22H,6,9,12-14H2,1H3,(H,21,23). The zero-order chi connectivity index (χ0) is 16.5. The molecule has 0 saturated carbocycles. The Labute approximate surface area is 137 Å². The summed E-state index contributed by atoms with van der Waals surface area (Å²) in [5.41, 5.74) is 3.90. The van der Waals surface area contributed by atoms with Crippen molar-refractivity contribution < 1.29 is 9.90 Å². The Bertz CT molecular complexity index is 627. The average Bonchev–Trinajstić information content (AvgIpc) is 2.58. The highest BCUT2D eigenvalue weighted by Gasteiger charge is 2.10. The van der Waals surface area contributed by atoms with E-state index in [-0.39, 0.29) is 19.1 Å². The number of aryl methyl sites for hydroxylation is 1. The minimum atomic E-state index is -0.149. The highest BCUT2D eigenvalue weighted by Crippen LogP contribution is 2.19. The number of hydrogen-bond donors (Lipinski definition) is 3. The van der Waals surface area contributed by atoms with Crippen LogP contribution in [0.25, 0.3) is 0 Å². The van der Waals surface area contributed by atoms with E-state index in [1.165, 1.54) is 5.56 Å². The first-order valence-corrected chi connectivity index (χ1v) is 7.99. The molecule has 2 rings (SSSR count). The first-order chi connectivity index (χ1) is 11.2. The van der Waals surface area contributed by atoms with E-state index in [1.54, 1.807) is 6.07 Å². The molecule has 122 valence electrons. The molecule has 2 aromatic carbocycles. The van der Waals surface area contributed by atoms with Crippen molar-refractivity contribution in [2.24, 2.45) is 0 Å². The maximum Gasteiger partial charge on any atom is 0.251 e. The summed E-state index contributed by atoms with van der Waals surface area (Å²) in [6.45, 7) is 3.01. The van der Waals surface area contributed by atoms with Crippen LogP contribution in [0.2, 0.25) is 0 Å². The molecule has 0 radical (unpaired) electrons. The van der Waals surface area contributed by atoms with Crippen LogP contribution < -0.4 is 10.6 Å². The Morgan fingerprint density at radius 3 is 2.57 bits per heavy atom. The Kier molecular flexibility index (Phi) is 6.63. The van der Waals surface area contributed by atoms with Crippen molar-refractivity contribution in [3.8, 4) is 0 Å². The minimum absolute atomic E-state index is 0.0534. The number of rotatable bonds is 8. The van der Waals surface area contributed by atoms with Gasteiger partial charge in [0.05, 0.1) is 6.61 Å². The van der Waals surface area contributed by atoms with Gasteiger partial charge >= 0.3 is 0 Å². The third-order valence-electron chi connectivity index (χ3n) is 3.78. The maximum absolute atomic E-state index is 12.0. The Morgan fingerprint density at radius 2 is 1.83 bits per heavy atom. The predicted octanol–water partition coefficient (Wildman–Crippen LogP) is 2.76. The van der Waals surface area contributed by atoms with E-state index in [9.17, 15) is 4.79 Å². The summed E-state index contributed by atoms with van der Waals surface area (Å²) < 4.78 is 0. The molecule has 4 heteroatoms. The van der Waals surface area contributed by atoms with E-state index in [0.29, 0.717) is 5.56 Å². The fourth-order valence-corrected chi connectivity index (χ4v) is 2.50. The highest BCUT2D eigenvalue weighted by atomic mass is 16.3. The van der Waals surface area contributed by atoms with Gasteiger partial charge < -0.3 is 15.7 Å². The van der Waals surface area contributed by atoms with Gasteiger partial charge in [-0.15, -0.1) is 0 Å². The zero-order valence-corrected chi connectivity index (χ0v) is 13.5. The molecule has 3 N–H and O–H groups in total. The Morgan fingerprint density at radius 1 is 1.04 bits per heavy atom. The van der Waals surface area contributed by atoms with E-state index in [0.717, 1.165) is 30.6 Å². The first-order valence-electron chi connectivity index (χ1n) is 7.99. The van der Waals surface area contributed by atoms with Gasteiger partial charge in [0.1, 0.15) is 0 Å². The predicted molar refractivity (Wildman–Crippen MR) is 93.9 cm³/mol. The van der Waals surface area contributed by atoms with Gasteiger partial charge in [-0.2, -0.15) is 0 Å². The Balaban J connectivity index is 1.89. The number of carbonyl (C=O) groups excluding carboxylic acids is 1. The molecule has 4 nitrogen and oxygen atoms in total. The van der Waals surface area contributed by atoms with E-state index in [2.05, 4.69) is 34.9 Å². The lowest BCUT2D eigenvalue weighted by Gasteiger charge is -2.13. The summed E-state index contributed by atoms with van der Waals surface area (Å²) in [7, 11) is 0. The van der Waals surface area contributed by atoms with Gasteiger partial charge in [-0.3, -0.25) is 4.79 Å². The minimum Gasteiger partial charge on any atom is -0.395 e. The third kappa shape index (κ3) is 5.11. The van der Waals surface area contributed by atoms with E-state index < -0.39 is 0 Å². The molecule has 1 amide bonds. The molecule has 0 heterocycles. The van der Waals surface area contributed by atoms with E-state index >= 15 is 0 Å². The van der Waals surface area contributed by atoms with Gasteiger partial charge in [0.25, 0.3) is 5.91 Å². The van der Waals surface area contributed by atoms with E-state index in [1.807, 2.05) is 25.1 Å². The molecule has 0 aliphatic heterocycles. The third-order valence-corrected chi connectivity index (χ3v) is 3.78. The normalized spacial score (nSPS) is 10.3. The van der Waals surface area contributed by atoms with Crippen molar-refractivity contribution in [3.63, 3.8) is 0 Å². The van der Waals surface area contributed by atoms with E-state index in [4.69, 9.17) is 5.11 Å². The van der Waals surface area contributed by atoms with Crippen LogP contribution in [0.5, 0.6) is 0 Å². The SMILES string of the molecule is Cc1c(NCCCc2ccccc2)cccc1C(=O)NCCO. The fourth-order valence-electron chi connectivity index (χ4n) is 2.50. The molecule has 0 aromatic heterocycles. The van der Waals surface area contributed by atoms with Gasteiger partial charge in [0, 0.05) is 24.3 Å². The number of hydrogen-bond acceptors (Lipinski definition) is 3. The molecule has 0 aliphatic carbocycles. The van der Waals surface area contributed by atoms with Gasteiger partial charge in [0.15, 0.2) is 0 Å². The summed E-state index contributed by atoms with van der Waals surface area (Å²) in [6.07, 6.45) is 2.06. The number of amides is 1. The van der Waals surface area contributed by atoms with Crippen LogP contribution in [0, 0.1) is 6.92 Å². The van der Waals surface area contributed by atoms with Crippen LogP contribution in [-0.4, -0.2) is 30.7 Å². The molecule has 0 fully saturated rings. The van der Waals surface area contributed by atoms with Crippen molar-refractivity contribution in [1.82, 2.24) is 5.32 Å². The van der Waals surface area contributed by atoms with Crippen molar-refractivity contribution >= 4 is 11.6 Å². The quantitative estimate of drug-likeness (QED) is 0.657. The average molecular weight is 312 g/mol. The lowest BCUT2D eigenvalue weighted by molar-refractivity contribution is 0.0944. The van der Waals surface area contributed by atoms with Crippen LogP contribution in [-0.2, 0) is 6.42 Å². The lowest BCUT2D eigenvalue weighted by atomic mass is 10.1. The van der Waals surface area contributed by atoms with Gasteiger partial charge in [-0.05, 0) is 43.0 Å². The summed E-state index contributed by atoms with van der Waals surface area (Å²) in [4.78, 5) is 12.0. The van der Waals surface area contributed by atoms with Crippen molar-refractivity contribution in [3.05, 3.63) is 65.2 Å². The molecule has 0 spiro atoms. The number of nitrogens with one attached hydrogen (secondary N) is 2. The van der Waals surface area contributed by atoms with Crippen LogP contribution >= 0.6 is 0 Å². The van der Waals surface area contributed by atoms with Crippen LogP contribution in [0.1, 0.15) is 27.9 Å². The van der Waals surface area contributed by atoms with Crippen LogP contribution in [0.3, 0.4) is 0 Å².